The van der Waals surface area contributed by atoms with Crippen LogP contribution in [-0.2, 0) is 10.3 Å². The highest BCUT2D eigenvalue weighted by Gasteiger charge is 2.71. The lowest BCUT2D eigenvalue weighted by Crippen LogP contribution is -2.43. The van der Waals surface area contributed by atoms with Crippen LogP contribution in [0.4, 0.5) is 4.39 Å². The van der Waals surface area contributed by atoms with Crippen molar-refractivity contribution in [1.29, 1.82) is 0 Å². The summed E-state index contributed by atoms with van der Waals surface area (Å²) in [6, 6.07) is 4.53. The Labute approximate surface area is 139 Å². The predicted molar refractivity (Wildman–Crippen MR) is 90.4 cm³/mol. The molecule has 3 rings (SSSR count). The molecular formula is C17H18FN3OS. The number of carbonyl (C=O) groups excluding carboxylic acids is 1. The lowest BCUT2D eigenvalue weighted by atomic mass is 9.84. The molecule has 1 amide bonds. The molecule has 2 N–H and O–H groups in total. The standard InChI is InChI=1S/C17H18FN3OS/c1-5-10-6-7-12(18)11(8-10)16(2)13-9-17(13,14(22)21(3)4)23-15(19)20-16/h1,6-8,13H,9H2,2-4H3,(H2,19,20)/t13-,16+,17-/m0/s1. The van der Waals surface area contributed by atoms with Crippen molar-refractivity contribution in [3.05, 3.63) is 35.1 Å². The number of amides is 1. The minimum atomic E-state index is -0.891. The highest BCUT2D eigenvalue weighted by molar-refractivity contribution is 8.15. The van der Waals surface area contributed by atoms with Gasteiger partial charge in [-0.05, 0) is 31.5 Å². The molecule has 1 aromatic carbocycles. The Hall–Kier alpha value is -2.00. The van der Waals surface area contributed by atoms with Gasteiger partial charge in [0.2, 0.25) is 5.91 Å². The van der Waals surface area contributed by atoms with Gasteiger partial charge in [0.1, 0.15) is 10.6 Å². The number of nitrogens with zero attached hydrogens (tertiary/aromatic N) is 2. The number of nitrogens with two attached hydrogens (primary N) is 1. The van der Waals surface area contributed by atoms with Gasteiger partial charge >= 0.3 is 0 Å². The van der Waals surface area contributed by atoms with Gasteiger partial charge < -0.3 is 10.6 Å². The number of hydrogen-bond donors (Lipinski definition) is 1. The summed E-state index contributed by atoms with van der Waals surface area (Å²) < 4.78 is 13.8. The summed E-state index contributed by atoms with van der Waals surface area (Å²) in [6.45, 7) is 1.83. The van der Waals surface area contributed by atoms with E-state index in [1.807, 2.05) is 6.92 Å². The summed E-state index contributed by atoms with van der Waals surface area (Å²) in [5, 5.41) is 0.307. The summed E-state index contributed by atoms with van der Waals surface area (Å²) in [6.07, 6.45) is 6.05. The Morgan fingerprint density at radius 2 is 2.26 bits per heavy atom. The molecule has 0 radical (unpaired) electrons. The molecule has 1 aromatic rings. The van der Waals surface area contributed by atoms with Gasteiger partial charge in [0.25, 0.3) is 0 Å². The smallest absolute Gasteiger partial charge is 0.239 e. The Morgan fingerprint density at radius 3 is 2.87 bits per heavy atom. The van der Waals surface area contributed by atoms with E-state index in [2.05, 4.69) is 10.9 Å². The maximum atomic E-state index is 14.5. The van der Waals surface area contributed by atoms with Gasteiger partial charge in [-0.1, -0.05) is 17.7 Å². The van der Waals surface area contributed by atoms with Crippen molar-refractivity contribution in [1.82, 2.24) is 4.90 Å². The van der Waals surface area contributed by atoms with Crippen LogP contribution in [-0.4, -0.2) is 34.8 Å². The van der Waals surface area contributed by atoms with Crippen LogP contribution in [0.1, 0.15) is 24.5 Å². The second-order valence-electron chi connectivity index (χ2n) is 6.38. The van der Waals surface area contributed by atoms with Crippen LogP contribution in [0.2, 0.25) is 0 Å². The fraction of sp³-hybridized carbons (Fsp3) is 0.412. The minimum Gasteiger partial charge on any atom is -0.378 e. The summed E-state index contributed by atoms with van der Waals surface area (Å²) in [5.41, 5.74) is 6.08. The molecule has 23 heavy (non-hydrogen) atoms. The van der Waals surface area contributed by atoms with Gasteiger partial charge in [0.15, 0.2) is 5.17 Å². The number of aliphatic imine (C=N–C) groups is 1. The average molecular weight is 331 g/mol. The lowest BCUT2D eigenvalue weighted by Gasteiger charge is -2.34. The largest absolute Gasteiger partial charge is 0.378 e. The minimum absolute atomic E-state index is 0.00918. The molecule has 1 fully saturated rings. The number of thioether (sulfide) groups is 1. The first-order chi connectivity index (χ1) is 10.7. The van der Waals surface area contributed by atoms with Crippen molar-refractivity contribution in [2.75, 3.05) is 14.1 Å². The summed E-state index contributed by atoms with van der Waals surface area (Å²) in [4.78, 5) is 18.7. The van der Waals surface area contributed by atoms with Crippen LogP contribution in [0.5, 0.6) is 0 Å². The number of carbonyl (C=O) groups is 1. The molecule has 3 atom stereocenters. The van der Waals surface area contributed by atoms with E-state index in [4.69, 9.17) is 12.2 Å². The van der Waals surface area contributed by atoms with Crippen LogP contribution >= 0.6 is 11.8 Å². The molecular weight excluding hydrogens is 313 g/mol. The number of hydrogen-bond acceptors (Lipinski definition) is 4. The van der Waals surface area contributed by atoms with E-state index < -0.39 is 10.3 Å². The van der Waals surface area contributed by atoms with Crippen molar-refractivity contribution in [2.24, 2.45) is 16.6 Å². The number of terminal acetylenes is 1. The monoisotopic (exact) mass is 331 g/mol. The molecule has 1 heterocycles. The van der Waals surface area contributed by atoms with Crippen LogP contribution in [0.25, 0.3) is 0 Å². The highest BCUT2D eigenvalue weighted by atomic mass is 32.2. The second-order valence-corrected chi connectivity index (χ2v) is 7.74. The third-order valence-corrected chi connectivity index (χ3v) is 5.95. The Morgan fingerprint density at radius 1 is 1.57 bits per heavy atom. The number of fused-ring (bicyclic) bond motifs is 1. The Balaban J connectivity index is 2.11. The first kappa shape index (κ1) is 15.9. The van der Waals surface area contributed by atoms with Gasteiger partial charge in [-0.15, -0.1) is 6.42 Å². The first-order valence-corrected chi connectivity index (χ1v) is 8.09. The third kappa shape index (κ3) is 2.22. The molecule has 0 aromatic heterocycles. The van der Waals surface area contributed by atoms with Crippen molar-refractivity contribution < 1.29 is 9.18 Å². The van der Waals surface area contributed by atoms with Crippen LogP contribution in [0.15, 0.2) is 23.2 Å². The number of amidine groups is 1. The maximum Gasteiger partial charge on any atom is 0.239 e. The molecule has 1 aliphatic carbocycles. The molecule has 1 saturated carbocycles. The number of halogens is 1. The van der Waals surface area contributed by atoms with Gasteiger partial charge in [-0.25, -0.2) is 4.39 Å². The summed E-state index contributed by atoms with van der Waals surface area (Å²) in [7, 11) is 3.43. The third-order valence-electron chi connectivity index (χ3n) is 4.66. The second kappa shape index (κ2) is 5.00. The molecule has 6 heteroatoms. The summed E-state index contributed by atoms with van der Waals surface area (Å²) in [5.74, 6) is 2.02. The zero-order valence-electron chi connectivity index (χ0n) is 13.3. The van der Waals surface area contributed by atoms with E-state index in [9.17, 15) is 9.18 Å². The quantitative estimate of drug-likeness (QED) is 0.843. The topological polar surface area (TPSA) is 58.7 Å². The maximum absolute atomic E-state index is 14.5. The van der Waals surface area contributed by atoms with E-state index in [1.165, 1.54) is 17.8 Å². The normalized spacial score (nSPS) is 31.6. The van der Waals surface area contributed by atoms with Crippen LogP contribution in [0.3, 0.4) is 0 Å². The van der Waals surface area contributed by atoms with Gasteiger partial charge in [0.05, 0.1) is 5.54 Å². The molecule has 1 aliphatic heterocycles. The highest BCUT2D eigenvalue weighted by Crippen LogP contribution is 2.66. The molecule has 0 saturated heterocycles. The Bertz CT molecular complexity index is 770. The van der Waals surface area contributed by atoms with Gasteiger partial charge in [-0.3, -0.25) is 9.79 Å². The fourth-order valence-electron chi connectivity index (χ4n) is 3.44. The molecule has 0 bridgehead atoms. The zero-order valence-corrected chi connectivity index (χ0v) is 14.1. The first-order valence-electron chi connectivity index (χ1n) is 7.27. The molecule has 0 spiro atoms. The SMILES string of the molecule is C#Cc1ccc(F)c([C@@]2(C)N=C(N)S[C@@]3(C(=O)N(C)C)C[C@H]32)c1. The summed E-state index contributed by atoms with van der Waals surface area (Å²) >= 11 is 1.29. The molecule has 0 unspecified atom stereocenters. The van der Waals surface area contributed by atoms with E-state index in [1.54, 1.807) is 31.1 Å². The van der Waals surface area contributed by atoms with Gasteiger partial charge in [-0.2, -0.15) is 0 Å². The van der Waals surface area contributed by atoms with Crippen molar-refractivity contribution >= 4 is 22.8 Å². The van der Waals surface area contributed by atoms with Crippen molar-refractivity contribution in [2.45, 2.75) is 23.6 Å². The molecule has 2 aliphatic rings. The number of benzene rings is 1. The zero-order chi connectivity index (χ0) is 17.0. The van der Waals surface area contributed by atoms with Crippen LogP contribution < -0.4 is 5.73 Å². The Kier molecular flexibility index (Phi) is 3.45. The number of rotatable bonds is 2. The van der Waals surface area contributed by atoms with E-state index >= 15 is 0 Å². The average Bonchev–Trinajstić information content (AvgIpc) is 3.23. The molecule has 120 valence electrons. The van der Waals surface area contributed by atoms with Gasteiger partial charge in [0, 0.05) is 31.1 Å². The van der Waals surface area contributed by atoms with Crippen molar-refractivity contribution in [3.8, 4) is 12.3 Å². The van der Waals surface area contributed by atoms with E-state index in [0.29, 0.717) is 22.7 Å². The van der Waals surface area contributed by atoms with E-state index in [0.717, 1.165) is 0 Å². The fourth-order valence-corrected chi connectivity index (χ4v) is 4.94. The lowest BCUT2D eigenvalue weighted by molar-refractivity contribution is -0.129. The molecule has 4 nitrogen and oxygen atoms in total. The van der Waals surface area contributed by atoms with Crippen LogP contribution in [0, 0.1) is 24.1 Å². The predicted octanol–water partition coefficient (Wildman–Crippen LogP) is 1.93. The van der Waals surface area contributed by atoms with Crippen molar-refractivity contribution in [3.63, 3.8) is 0 Å². The van der Waals surface area contributed by atoms with E-state index in [-0.39, 0.29) is 17.6 Å².